The number of aliphatic hydroxyl groups is 7. The molecule has 3 heterocycles. The molecule has 11 atom stereocenters. The molecule has 3 aliphatic heterocycles. The van der Waals surface area contributed by atoms with E-state index in [1.165, 1.54) is 13.0 Å². The van der Waals surface area contributed by atoms with Crippen LogP contribution in [0.5, 0.6) is 28.7 Å². The SMILES string of the molecule is CC1OC(OC2C(Oc3cc(O)c4c(c3)OC(O)(c3ccc(O)c(O)c3)CC4=O)OC(CO)C(O)C2O)C(O)C(O)C1O. The highest BCUT2D eigenvalue weighted by molar-refractivity contribution is 6.03. The Morgan fingerprint density at radius 3 is 2.26 bits per heavy atom. The Hall–Kier alpha value is -3.29. The van der Waals surface area contributed by atoms with E-state index in [0.717, 1.165) is 24.3 Å². The van der Waals surface area contributed by atoms with E-state index >= 15 is 0 Å². The maximum Gasteiger partial charge on any atom is 0.242 e. The molecule has 2 fully saturated rings. The largest absolute Gasteiger partial charge is 0.507 e. The summed E-state index contributed by atoms with van der Waals surface area (Å²) in [7, 11) is 0. The van der Waals surface area contributed by atoms with Crippen LogP contribution in [0.15, 0.2) is 30.3 Å². The van der Waals surface area contributed by atoms with E-state index < -0.39 is 103 Å². The van der Waals surface area contributed by atoms with Crippen LogP contribution in [0, 0.1) is 0 Å². The number of aliphatic hydroxyl groups excluding tert-OH is 6. The normalized spacial score (nSPS) is 37.8. The second-order valence-electron chi connectivity index (χ2n) is 10.6. The molecule has 0 radical (unpaired) electrons. The Morgan fingerprint density at radius 1 is 0.860 bits per heavy atom. The van der Waals surface area contributed by atoms with Gasteiger partial charge in [0.15, 0.2) is 29.7 Å². The monoisotopic (exact) mass is 612 g/mol. The summed E-state index contributed by atoms with van der Waals surface area (Å²) in [4.78, 5) is 12.9. The minimum Gasteiger partial charge on any atom is -0.507 e. The van der Waals surface area contributed by atoms with E-state index in [0.29, 0.717) is 0 Å². The number of hydrogen-bond donors (Lipinski definition) is 10. The van der Waals surface area contributed by atoms with Crippen molar-refractivity contribution in [2.24, 2.45) is 0 Å². The van der Waals surface area contributed by atoms with Gasteiger partial charge in [0.25, 0.3) is 0 Å². The highest BCUT2D eigenvalue weighted by atomic mass is 16.8. The lowest BCUT2D eigenvalue weighted by Gasteiger charge is -2.45. The Labute approximate surface area is 243 Å². The number of Topliss-reactive ketones (excluding diaryl/α,β-unsaturated/α-hetero) is 1. The molecular weight excluding hydrogens is 580 g/mol. The molecule has 0 amide bonds. The molecule has 0 saturated carbocycles. The number of benzene rings is 2. The van der Waals surface area contributed by atoms with Crippen LogP contribution in [0.3, 0.4) is 0 Å². The Kier molecular flexibility index (Phi) is 8.45. The Balaban J connectivity index is 1.44. The van der Waals surface area contributed by atoms with Crippen LogP contribution in [0.2, 0.25) is 0 Å². The van der Waals surface area contributed by atoms with Crippen molar-refractivity contribution >= 4 is 5.78 Å². The first-order chi connectivity index (χ1) is 20.2. The van der Waals surface area contributed by atoms with Gasteiger partial charge < -0.3 is 74.7 Å². The lowest BCUT2D eigenvalue weighted by atomic mass is 9.92. The van der Waals surface area contributed by atoms with Crippen molar-refractivity contribution < 1.29 is 79.5 Å². The van der Waals surface area contributed by atoms with E-state index in [1.54, 1.807) is 0 Å². The number of ether oxygens (including phenoxy) is 5. The maximum atomic E-state index is 12.9. The smallest absolute Gasteiger partial charge is 0.242 e. The van der Waals surface area contributed by atoms with Gasteiger partial charge in [-0.3, -0.25) is 4.79 Å². The number of aromatic hydroxyl groups is 3. The van der Waals surface area contributed by atoms with Gasteiger partial charge in [-0.2, -0.15) is 0 Å². The van der Waals surface area contributed by atoms with Crippen molar-refractivity contribution in [1.29, 1.82) is 0 Å². The van der Waals surface area contributed by atoms with E-state index in [4.69, 9.17) is 23.7 Å². The zero-order chi connectivity index (χ0) is 31.4. The second kappa shape index (κ2) is 11.7. The summed E-state index contributed by atoms with van der Waals surface area (Å²) in [5, 5.41) is 103. The fourth-order valence-corrected chi connectivity index (χ4v) is 5.17. The van der Waals surface area contributed by atoms with Gasteiger partial charge in [-0.15, -0.1) is 0 Å². The number of rotatable bonds is 6. The third-order valence-corrected chi connectivity index (χ3v) is 7.62. The lowest BCUT2D eigenvalue weighted by Crippen LogP contribution is -2.64. The number of carbonyl (C=O) groups excluding carboxylic acids is 1. The predicted molar refractivity (Wildman–Crippen MR) is 137 cm³/mol. The quantitative estimate of drug-likeness (QED) is 0.153. The number of fused-ring (bicyclic) bond motifs is 1. The molecule has 16 heteroatoms. The van der Waals surface area contributed by atoms with Crippen LogP contribution in [0.4, 0.5) is 0 Å². The van der Waals surface area contributed by atoms with Crippen molar-refractivity contribution in [3.05, 3.63) is 41.5 Å². The average Bonchev–Trinajstić information content (AvgIpc) is 2.94. The minimum atomic E-state index is -2.33. The Morgan fingerprint density at radius 2 is 1.58 bits per heavy atom. The summed E-state index contributed by atoms with van der Waals surface area (Å²) in [5.41, 5.74) is -0.395. The molecule has 16 nitrogen and oxygen atoms in total. The second-order valence-corrected chi connectivity index (χ2v) is 10.6. The lowest BCUT2D eigenvalue weighted by molar-refractivity contribution is -0.354. The van der Waals surface area contributed by atoms with Gasteiger partial charge in [-0.1, -0.05) is 0 Å². The van der Waals surface area contributed by atoms with Gasteiger partial charge in [0.2, 0.25) is 12.1 Å². The summed E-state index contributed by atoms with van der Waals surface area (Å²) in [6.07, 6.45) is -16.5. The fraction of sp³-hybridized carbons (Fsp3) is 0.519. The van der Waals surface area contributed by atoms with E-state index in [1.807, 2.05) is 0 Å². The maximum absolute atomic E-state index is 12.9. The number of phenols is 3. The van der Waals surface area contributed by atoms with Gasteiger partial charge in [-0.25, -0.2) is 0 Å². The summed E-state index contributed by atoms with van der Waals surface area (Å²) in [6.45, 7) is 0.626. The molecule has 3 aliphatic rings. The van der Waals surface area contributed by atoms with Crippen LogP contribution in [-0.4, -0.2) is 125 Å². The fourth-order valence-electron chi connectivity index (χ4n) is 5.17. The predicted octanol–water partition coefficient (Wildman–Crippen LogP) is -2.36. The van der Waals surface area contributed by atoms with Crippen LogP contribution in [-0.2, 0) is 20.0 Å². The highest BCUT2D eigenvalue weighted by Crippen LogP contribution is 2.45. The molecule has 0 spiro atoms. The molecule has 2 aromatic carbocycles. The molecule has 10 N–H and O–H groups in total. The molecular formula is C27H32O16. The zero-order valence-corrected chi connectivity index (χ0v) is 22.5. The van der Waals surface area contributed by atoms with Gasteiger partial charge >= 0.3 is 0 Å². The minimum absolute atomic E-state index is 0.0906. The topological polar surface area (TPSA) is 266 Å². The van der Waals surface area contributed by atoms with Gasteiger partial charge in [0.1, 0.15) is 59.4 Å². The third-order valence-electron chi connectivity index (χ3n) is 7.62. The molecule has 43 heavy (non-hydrogen) atoms. The number of ketones is 1. The van der Waals surface area contributed by atoms with Crippen LogP contribution >= 0.6 is 0 Å². The van der Waals surface area contributed by atoms with Crippen molar-refractivity contribution in [3.63, 3.8) is 0 Å². The van der Waals surface area contributed by atoms with Gasteiger partial charge in [0.05, 0.1) is 19.1 Å². The number of phenolic OH excluding ortho intramolecular Hbond substituents is 3. The molecule has 236 valence electrons. The Bertz CT molecular complexity index is 1350. The molecule has 0 bridgehead atoms. The number of carbonyl (C=O) groups is 1. The first-order valence-electron chi connectivity index (χ1n) is 13.2. The van der Waals surface area contributed by atoms with Crippen molar-refractivity contribution in [3.8, 4) is 28.7 Å². The molecule has 0 aromatic heterocycles. The summed E-state index contributed by atoms with van der Waals surface area (Å²) in [6, 6.07) is 5.37. The molecule has 2 saturated heterocycles. The molecule has 2 aromatic rings. The van der Waals surface area contributed by atoms with Crippen LogP contribution < -0.4 is 9.47 Å². The molecule has 0 aliphatic carbocycles. The summed E-state index contributed by atoms with van der Waals surface area (Å²) < 4.78 is 28.1. The van der Waals surface area contributed by atoms with Crippen molar-refractivity contribution in [2.75, 3.05) is 6.61 Å². The molecule has 11 unspecified atom stereocenters. The van der Waals surface area contributed by atoms with Crippen LogP contribution in [0.1, 0.15) is 29.3 Å². The standard InChI is InChI=1S/C27H32O16/c1-9-19(33)21(35)23(37)25(39-9)42-24-22(36)20(34)17(8-28)41-26(24)40-11-5-14(31)18-15(32)7-27(38,43-16(18)6-11)10-2-3-12(29)13(30)4-10/h2-6,9,17,19-26,28-31,33-38H,7-8H2,1H3. The molecule has 5 rings (SSSR count). The highest BCUT2D eigenvalue weighted by Gasteiger charge is 2.51. The first-order valence-corrected chi connectivity index (χ1v) is 13.2. The van der Waals surface area contributed by atoms with Crippen molar-refractivity contribution in [2.45, 2.75) is 80.5 Å². The van der Waals surface area contributed by atoms with E-state index in [2.05, 4.69) is 0 Å². The van der Waals surface area contributed by atoms with E-state index in [-0.39, 0.29) is 22.6 Å². The van der Waals surface area contributed by atoms with Gasteiger partial charge in [0, 0.05) is 17.7 Å². The third kappa shape index (κ3) is 5.69. The average molecular weight is 613 g/mol. The zero-order valence-electron chi connectivity index (χ0n) is 22.5. The summed E-state index contributed by atoms with van der Waals surface area (Å²) >= 11 is 0. The van der Waals surface area contributed by atoms with Crippen molar-refractivity contribution in [1.82, 2.24) is 0 Å². The van der Waals surface area contributed by atoms with E-state index in [9.17, 15) is 55.9 Å². The summed E-state index contributed by atoms with van der Waals surface area (Å²) in [5.74, 6) is -5.39. The van der Waals surface area contributed by atoms with Crippen LogP contribution in [0.25, 0.3) is 0 Å². The van der Waals surface area contributed by atoms with Gasteiger partial charge in [-0.05, 0) is 25.1 Å². The number of hydrogen-bond acceptors (Lipinski definition) is 16. The first kappa shape index (κ1) is 31.1.